The number of hydrogen-bond acceptors (Lipinski definition) is 3. The first-order valence-corrected chi connectivity index (χ1v) is 6.36. The van der Waals surface area contributed by atoms with E-state index < -0.39 is 26.6 Å². The zero-order chi connectivity index (χ0) is 13.1. The zero-order valence-corrected chi connectivity index (χ0v) is 10.0. The number of hydrogen-bond donors (Lipinski definition) is 1. The lowest BCUT2D eigenvalue weighted by Gasteiger charge is -2.16. The second kappa shape index (κ2) is 5.52. The predicted molar refractivity (Wildman–Crippen MR) is 57.9 cm³/mol. The molecule has 0 amide bonds. The van der Waals surface area contributed by atoms with Crippen molar-refractivity contribution in [2.45, 2.75) is 11.3 Å². The molecule has 96 valence electrons. The van der Waals surface area contributed by atoms with Gasteiger partial charge in [0.25, 0.3) is 0 Å². The van der Waals surface area contributed by atoms with Gasteiger partial charge in [-0.3, -0.25) is 0 Å². The molecule has 1 aromatic carbocycles. The highest BCUT2D eigenvalue weighted by atomic mass is 32.2. The van der Waals surface area contributed by atoms with Crippen LogP contribution in [0.15, 0.2) is 23.1 Å². The molecule has 0 aliphatic rings. The van der Waals surface area contributed by atoms with Crippen molar-refractivity contribution >= 4 is 10.0 Å². The highest BCUT2D eigenvalue weighted by molar-refractivity contribution is 7.89. The normalized spacial score (nSPS) is 12.1. The first kappa shape index (κ1) is 14.0. The van der Waals surface area contributed by atoms with Crippen molar-refractivity contribution in [2.75, 3.05) is 20.2 Å². The summed E-state index contributed by atoms with van der Waals surface area (Å²) >= 11 is 0. The second-order valence-corrected chi connectivity index (χ2v) is 5.49. The summed E-state index contributed by atoms with van der Waals surface area (Å²) in [7, 11) is -2.71. The van der Waals surface area contributed by atoms with Gasteiger partial charge in [-0.1, -0.05) is 0 Å². The fraction of sp³-hybridized carbons (Fsp3) is 0.400. The van der Waals surface area contributed by atoms with E-state index in [1.807, 2.05) is 0 Å². The van der Waals surface area contributed by atoms with Crippen LogP contribution in [0.2, 0.25) is 0 Å². The van der Waals surface area contributed by atoms with Gasteiger partial charge in [0.1, 0.15) is 16.5 Å². The average molecular weight is 265 g/mol. The van der Waals surface area contributed by atoms with Crippen LogP contribution in [0.1, 0.15) is 6.42 Å². The molecule has 0 aromatic heterocycles. The molecule has 1 rings (SSSR count). The Morgan fingerprint density at radius 3 is 2.53 bits per heavy atom. The average Bonchev–Trinajstić information content (AvgIpc) is 2.25. The van der Waals surface area contributed by atoms with Crippen LogP contribution in [0.5, 0.6) is 0 Å². The standard InChI is InChI=1S/C10H13F2NO3S/c1-13(5-2-6-14)17(15,16)10-4-3-8(11)7-9(10)12/h3-4,7,14H,2,5-6H2,1H3. The molecule has 0 heterocycles. The summed E-state index contributed by atoms with van der Waals surface area (Å²) < 4.78 is 50.6. The molecule has 0 bridgehead atoms. The van der Waals surface area contributed by atoms with Crippen molar-refractivity contribution in [2.24, 2.45) is 0 Å². The van der Waals surface area contributed by atoms with Crippen LogP contribution in [0.3, 0.4) is 0 Å². The van der Waals surface area contributed by atoms with E-state index in [9.17, 15) is 17.2 Å². The number of sulfonamides is 1. The van der Waals surface area contributed by atoms with E-state index in [0.717, 1.165) is 16.4 Å². The molecule has 0 saturated heterocycles. The molecule has 0 fully saturated rings. The Morgan fingerprint density at radius 1 is 1.35 bits per heavy atom. The second-order valence-electron chi connectivity index (χ2n) is 3.48. The molecular formula is C10H13F2NO3S. The third-order valence-corrected chi connectivity index (χ3v) is 4.10. The maximum absolute atomic E-state index is 13.3. The van der Waals surface area contributed by atoms with E-state index in [4.69, 9.17) is 5.11 Å². The Kier molecular flexibility index (Phi) is 4.55. The number of aliphatic hydroxyl groups excluding tert-OH is 1. The number of rotatable bonds is 5. The SMILES string of the molecule is CN(CCCO)S(=O)(=O)c1ccc(F)cc1F. The summed E-state index contributed by atoms with van der Waals surface area (Å²) in [4.78, 5) is -0.570. The van der Waals surface area contributed by atoms with Crippen molar-refractivity contribution in [3.63, 3.8) is 0 Å². The zero-order valence-electron chi connectivity index (χ0n) is 9.23. The van der Waals surface area contributed by atoms with Crippen LogP contribution in [0.4, 0.5) is 8.78 Å². The molecule has 17 heavy (non-hydrogen) atoms. The maximum Gasteiger partial charge on any atom is 0.245 e. The van der Waals surface area contributed by atoms with Gasteiger partial charge in [-0.25, -0.2) is 21.5 Å². The summed E-state index contributed by atoms with van der Waals surface area (Å²) in [6, 6.07) is 2.29. The van der Waals surface area contributed by atoms with Crippen LogP contribution in [-0.2, 0) is 10.0 Å². The lowest BCUT2D eigenvalue weighted by molar-refractivity contribution is 0.275. The van der Waals surface area contributed by atoms with Crippen LogP contribution in [0, 0.1) is 11.6 Å². The first-order valence-electron chi connectivity index (χ1n) is 4.92. The summed E-state index contributed by atoms with van der Waals surface area (Å²) in [6.07, 6.45) is 0.249. The molecule has 0 aliphatic carbocycles. The minimum atomic E-state index is -3.98. The van der Waals surface area contributed by atoms with E-state index in [2.05, 4.69) is 0 Å². The van der Waals surface area contributed by atoms with Crippen molar-refractivity contribution in [1.82, 2.24) is 4.31 Å². The Hall–Kier alpha value is -1.05. The van der Waals surface area contributed by atoms with Crippen molar-refractivity contribution in [3.05, 3.63) is 29.8 Å². The Balaban J connectivity index is 3.04. The highest BCUT2D eigenvalue weighted by Gasteiger charge is 2.24. The van der Waals surface area contributed by atoms with Gasteiger partial charge in [-0.05, 0) is 18.6 Å². The third-order valence-electron chi connectivity index (χ3n) is 2.21. The highest BCUT2D eigenvalue weighted by Crippen LogP contribution is 2.19. The fourth-order valence-corrected chi connectivity index (χ4v) is 2.52. The van der Waals surface area contributed by atoms with Crippen LogP contribution in [-0.4, -0.2) is 38.0 Å². The maximum atomic E-state index is 13.3. The molecule has 1 aromatic rings. The molecule has 0 radical (unpaired) electrons. The molecule has 4 nitrogen and oxygen atoms in total. The lowest BCUT2D eigenvalue weighted by atomic mass is 10.3. The summed E-state index contributed by atoms with van der Waals surface area (Å²) in [5, 5.41) is 8.60. The lowest BCUT2D eigenvalue weighted by Crippen LogP contribution is -2.29. The quantitative estimate of drug-likeness (QED) is 0.863. The summed E-state index contributed by atoms with van der Waals surface area (Å²) in [6.45, 7) is -0.0958. The number of halogens is 2. The van der Waals surface area contributed by atoms with Crippen LogP contribution >= 0.6 is 0 Å². The van der Waals surface area contributed by atoms with Crippen molar-refractivity contribution < 1.29 is 22.3 Å². The molecule has 0 spiro atoms. The van der Waals surface area contributed by atoms with Gasteiger partial charge in [0, 0.05) is 26.3 Å². The van der Waals surface area contributed by atoms with Crippen molar-refractivity contribution in [1.29, 1.82) is 0 Å². The summed E-state index contributed by atoms with van der Waals surface area (Å²) in [5.74, 6) is -1.96. The largest absolute Gasteiger partial charge is 0.396 e. The molecule has 0 aliphatic heterocycles. The number of aliphatic hydroxyl groups is 1. The third kappa shape index (κ3) is 3.21. The molecule has 0 unspecified atom stereocenters. The number of nitrogens with zero attached hydrogens (tertiary/aromatic N) is 1. The number of benzene rings is 1. The van der Waals surface area contributed by atoms with E-state index in [1.165, 1.54) is 7.05 Å². The van der Waals surface area contributed by atoms with Gasteiger partial charge in [0.05, 0.1) is 0 Å². The summed E-state index contributed by atoms with van der Waals surface area (Å²) in [5.41, 5.74) is 0. The smallest absolute Gasteiger partial charge is 0.245 e. The van der Waals surface area contributed by atoms with E-state index in [0.29, 0.717) is 6.07 Å². The van der Waals surface area contributed by atoms with Gasteiger partial charge in [-0.15, -0.1) is 0 Å². The van der Waals surface area contributed by atoms with Gasteiger partial charge in [0.2, 0.25) is 10.0 Å². The molecular weight excluding hydrogens is 252 g/mol. The molecule has 0 atom stereocenters. The van der Waals surface area contributed by atoms with Gasteiger partial charge < -0.3 is 5.11 Å². The van der Waals surface area contributed by atoms with Gasteiger partial charge in [-0.2, -0.15) is 0 Å². The minimum Gasteiger partial charge on any atom is -0.396 e. The molecule has 0 saturated carbocycles. The van der Waals surface area contributed by atoms with E-state index in [-0.39, 0.29) is 19.6 Å². The molecule has 1 N–H and O–H groups in total. The topological polar surface area (TPSA) is 57.6 Å². The van der Waals surface area contributed by atoms with Gasteiger partial charge in [0.15, 0.2) is 0 Å². The first-order chi connectivity index (χ1) is 7.89. The fourth-order valence-electron chi connectivity index (χ4n) is 1.27. The van der Waals surface area contributed by atoms with E-state index in [1.54, 1.807) is 0 Å². The van der Waals surface area contributed by atoms with E-state index >= 15 is 0 Å². The minimum absolute atomic E-state index is 0.0651. The van der Waals surface area contributed by atoms with Crippen LogP contribution in [0.25, 0.3) is 0 Å². The predicted octanol–water partition coefficient (Wildman–Crippen LogP) is 0.968. The Morgan fingerprint density at radius 2 is 2.00 bits per heavy atom. The Labute approximate surface area is 98.5 Å². The molecule has 7 heteroatoms. The monoisotopic (exact) mass is 265 g/mol. The van der Waals surface area contributed by atoms with Crippen LogP contribution < -0.4 is 0 Å². The van der Waals surface area contributed by atoms with Crippen molar-refractivity contribution in [3.8, 4) is 0 Å². The Bertz CT molecular complexity index is 490. The van der Waals surface area contributed by atoms with Gasteiger partial charge >= 0.3 is 0 Å².